The van der Waals surface area contributed by atoms with Crippen molar-refractivity contribution >= 4 is 28.5 Å². The summed E-state index contributed by atoms with van der Waals surface area (Å²) in [6.07, 6.45) is 6.92. The van der Waals surface area contributed by atoms with Crippen molar-refractivity contribution in [3.05, 3.63) is 78.4 Å². The molecule has 4 rings (SSSR count). The fraction of sp³-hybridized carbons (Fsp3) is 0.100. The zero-order valence-electron chi connectivity index (χ0n) is 14.2. The van der Waals surface area contributed by atoms with Crippen molar-refractivity contribution in [3.63, 3.8) is 0 Å². The summed E-state index contributed by atoms with van der Waals surface area (Å²) in [5, 5.41) is 12.2. The number of para-hydroxylation sites is 1. The number of rotatable bonds is 4. The van der Waals surface area contributed by atoms with E-state index >= 15 is 0 Å². The zero-order valence-corrected chi connectivity index (χ0v) is 14.2. The predicted molar refractivity (Wildman–Crippen MR) is 100 cm³/mol. The highest BCUT2D eigenvalue weighted by atomic mass is 16.1. The Hall–Kier alpha value is -3.54. The first-order chi connectivity index (χ1) is 12.7. The Morgan fingerprint density at radius 3 is 2.92 bits per heavy atom. The minimum absolute atomic E-state index is 0.196. The van der Waals surface area contributed by atoms with Gasteiger partial charge in [0.25, 0.3) is 0 Å². The number of aromatic nitrogens is 4. The van der Waals surface area contributed by atoms with Crippen molar-refractivity contribution < 1.29 is 4.79 Å². The minimum Gasteiger partial charge on any atom is -0.343 e. The molecule has 0 radical (unpaired) electrons. The van der Waals surface area contributed by atoms with Crippen molar-refractivity contribution in [1.29, 1.82) is 0 Å². The van der Waals surface area contributed by atoms with Gasteiger partial charge in [-0.15, -0.1) is 10.2 Å². The molecule has 0 aliphatic rings. The lowest BCUT2D eigenvalue weighted by atomic mass is 10.1. The topological polar surface area (TPSA) is 72.2 Å². The summed E-state index contributed by atoms with van der Waals surface area (Å²) < 4.78 is 1.86. The van der Waals surface area contributed by atoms with Crippen molar-refractivity contribution in [3.8, 4) is 0 Å². The molecule has 6 nitrogen and oxygen atoms in total. The van der Waals surface area contributed by atoms with E-state index in [2.05, 4.69) is 20.5 Å². The molecule has 1 N–H and O–H groups in total. The van der Waals surface area contributed by atoms with Gasteiger partial charge in [-0.2, -0.15) is 0 Å². The lowest BCUT2D eigenvalue weighted by Gasteiger charge is -2.10. The molecule has 0 bridgehead atoms. The molecule has 0 unspecified atom stereocenters. The van der Waals surface area contributed by atoms with Crippen LogP contribution in [0, 0.1) is 0 Å². The molecule has 0 saturated carbocycles. The van der Waals surface area contributed by atoms with E-state index in [-0.39, 0.29) is 11.9 Å². The molecule has 0 aliphatic heterocycles. The van der Waals surface area contributed by atoms with E-state index in [1.54, 1.807) is 12.3 Å². The molecule has 1 atom stereocenters. The first-order valence-electron chi connectivity index (χ1n) is 8.34. The van der Waals surface area contributed by atoms with Gasteiger partial charge in [-0.05, 0) is 31.2 Å². The molecule has 1 amide bonds. The third-order valence-corrected chi connectivity index (χ3v) is 4.16. The summed E-state index contributed by atoms with van der Waals surface area (Å²) >= 11 is 0. The Bertz CT molecular complexity index is 1110. The quantitative estimate of drug-likeness (QED) is 0.578. The van der Waals surface area contributed by atoms with E-state index in [1.165, 1.54) is 6.08 Å². The fourth-order valence-electron chi connectivity index (χ4n) is 2.91. The van der Waals surface area contributed by atoms with Crippen LogP contribution >= 0.6 is 0 Å². The van der Waals surface area contributed by atoms with Crippen molar-refractivity contribution in [2.75, 3.05) is 0 Å². The van der Waals surface area contributed by atoms with Gasteiger partial charge in [0, 0.05) is 29.4 Å². The van der Waals surface area contributed by atoms with E-state index in [0.717, 1.165) is 22.1 Å². The minimum atomic E-state index is -0.268. The summed E-state index contributed by atoms with van der Waals surface area (Å²) in [4.78, 5) is 16.7. The summed E-state index contributed by atoms with van der Waals surface area (Å²) in [5.74, 6) is 0.493. The fourth-order valence-corrected chi connectivity index (χ4v) is 2.91. The molecule has 4 aromatic rings. The molecule has 1 aromatic carbocycles. The van der Waals surface area contributed by atoms with Crippen molar-refractivity contribution in [2.45, 2.75) is 13.0 Å². The predicted octanol–water partition coefficient (Wildman–Crippen LogP) is 3.17. The molecule has 6 heteroatoms. The maximum atomic E-state index is 12.3. The highest BCUT2D eigenvalue weighted by Gasteiger charge is 2.14. The third-order valence-electron chi connectivity index (χ3n) is 4.16. The number of nitrogens with zero attached hydrogens (tertiary/aromatic N) is 4. The maximum Gasteiger partial charge on any atom is 0.244 e. The number of hydrogen-bond donors (Lipinski definition) is 1. The molecular formula is C20H17N5O. The number of carbonyl (C=O) groups is 1. The number of amides is 1. The Morgan fingerprint density at radius 1 is 1.12 bits per heavy atom. The lowest BCUT2D eigenvalue weighted by Crippen LogP contribution is -2.26. The standard InChI is InChI=1S/C20H17N5O/c1-14(20-24-23-17-9-2-3-13-25(17)20)22-18(26)11-10-16-7-4-6-15-8-5-12-21-19(15)16/h2-14H,1H3,(H,22,26)/b11-10+/t14-/m0/s1. The average Bonchev–Trinajstić information content (AvgIpc) is 3.10. The first kappa shape index (κ1) is 16.0. The van der Waals surface area contributed by atoms with Crippen LogP contribution in [0.2, 0.25) is 0 Å². The van der Waals surface area contributed by atoms with E-state index in [9.17, 15) is 4.79 Å². The van der Waals surface area contributed by atoms with E-state index < -0.39 is 0 Å². The second-order valence-electron chi connectivity index (χ2n) is 5.97. The second-order valence-corrected chi connectivity index (χ2v) is 5.97. The van der Waals surface area contributed by atoms with Gasteiger partial charge in [0.05, 0.1) is 11.6 Å². The van der Waals surface area contributed by atoms with Crippen LogP contribution in [0.3, 0.4) is 0 Å². The number of pyridine rings is 2. The molecule has 0 fully saturated rings. The van der Waals surface area contributed by atoms with Crippen LogP contribution in [0.15, 0.2) is 67.0 Å². The van der Waals surface area contributed by atoms with E-state index in [1.807, 2.05) is 66.1 Å². The zero-order chi connectivity index (χ0) is 17.9. The van der Waals surface area contributed by atoms with E-state index in [4.69, 9.17) is 0 Å². The normalized spacial score (nSPS) is 12.7. The molecule has 3 heterocycles. The van der Waals surface area contributed by atoms with Crippen LogP contribution in [-0.4, -0.2) is 25.5 Å². The summed E-state index contributed by atoms with van der Waals surface area (Å²) in [5.41, 5.74) is 2.52. The number of nitrogens with one attached hydrogen (secondary N) is 1. The van der Waals surface area contributed by atoms with Gasteiger partial charge in [-0.25, -0.2) is 0 Å². The Morgan fingerprint density at radius 2 is 2.00 bits per heavy atom. The van der Waals surface area contributed by atoms with Gasteiger partial charge in [-0.1, -0.05) is 30.3 Å². The van der Waals surface area contributed by atoms with Crippen LogP contribution in [-0.2, 0) is 4.79 Å². The van der Waals surface area contributed by atoms with Crippen molar-refractivity contribution in [1.82, 2.24) is 24.9 Å². The van der Waals surface area contributed by atoms with Crippen LogP contribution in [0.25, 0.3) is 22.6 Å². The SMILES string of the molecule is C[C@H](NC(=O)/C=C/c1cccc2cccnc12)c1nnc2ccccn12. The Kier molecular flexibility index (Phi) is 4.15. The number of carbonyl (C=O) groups excluding carboxylic acids is 1. The number of hydrogen-bond acceptors (Lipinski definition) is 4. The van der Waals surface area contributed by atoms with Crippen LogP contribution in [0.4, 0.5) is 0 Å². The lowest BCUT2D eigenvalue weighted by molar-refractivity contribution is -0.117. The average molecular weight is 343 g/mol. The summed E-state index contributed by atoms with van der Waals surface area (Å²) in [6, 6.07) is 15.2. The molecule has 26 heavy (non-hydrogen) atoms. The first-order valence-corrected chi connectivity index (χ1v) is 8.34. The smallest absolute Gasteiger partial charge is 0.244 e. The van der Waals surface area contributed by atoms with Gasteiger partial charge in [0.2, 0.25) is 5.91 Å². The monoisotopic (exact) mass is 343 g/mol. The molecular weight excluding hydrogens is 326 g/mol. The Labute approximate surface area is 150 Å². The van der Waals surface area contributed by atoms with Crippen LogP contribution in [0.5, 0.6) is 0 Å². The van der Waals surface area contributed by atoms with Gasteiger partial charge < -0.3 is 5.32 Å². The summed E-state index contributed by atoms with van der Waals surface area (Å²) in [6.45, 7) is 1.88. The molecule has 0 aliphatic carbocycles. The third kappa shape index (κ3) is 3.04. The maximum absolute atomic E-state index is 12.3. The highest BCUT2D eigenvalue weighted by molar-refractivity contribution is 5.95. The number of fused-ring (bicyclic) bond motifs is 2. The van der Waals surface area contributed by atoms with Crippen LogP contribution < -0.4 is 5.32 Å². The molecule has 0 spiro atoms. The number of benzene rings is 1. The van der Waals surface area contributed by atoms with Gasteiger partial charge in [0.15, 0.2) is 11.5 Å². The Balaban J connectivity index is 1.52. The second kappa shape index (κ2) is 6.76. The van der Waals surface area contributed by atoms with Gasteiger partial charge in [0.1, 0.15) is 0 Å². The van der Waals surface area contributed by atoms with Crippen LogP contribution in [0.1, 0.15) is 24.4 Å². The largest absolute Gasteiger partial charge is 0.343 e. The highest BCUT2D eigenvalue weighted by Crippen LogP contribution is 2.17. The van der Waals surface area contributed by atoms with Gasteiger partial charge >= 0.3 is 0 Å². The van der Waals surface area contributed by atoms with Gasteiger partial charge in [-0.3, -0.25) is 14.2 Å². The van der Waals surface area contributed by atoms with Crippen molar-refractivity contribution in [2.24, 2.45) is 0 Å². The molecule has 128 valence electrons. The van der Waals surface area contributed by atoms with E-state index in [0.29, 0.717) is 5.82 Å². The summed E-state index contributed by atoms with van der Waals surface area (Å²) in [7, 11) is 0. The molecule has 3 aromatic heterocycles. The molecule has 0 saturated heterocycles.